The molecule has 0 saturated carbocycles. The first kappa shape index (κ1) is 24.4. The number of hydrogen-bond acceptors (Lipinski definition) is 5. The number of rotatable bonds is 5. The van der Waals surface area contributed by atoms with E-state index in [1.54, 1.807) is 0 Å². The van der Waals surface area contributed by atoms with Crippen molar-refractivity contribution < 1.29 is 23.9 Å². The molecule has 1 aliphatic heterocycles. The maximum absolute atomic E-state index is 12.9. The molecule has 6 heteroatoms. The van der Waals surface area contributed by atoms with Crippen LogP contribution in [0.25, 0.3) is 0 Å². The van der Waals surface area contributed by atoms with Gasteiger partial charge in [-0.15, -0.1) is 0 Å². The third-order valence-electron chi connectivity index (χ3n) is 7.91. The average molecular weight is 449 g/mol. The second-order valence-corrected chi connectivity index (χ2v) is 16.1. The Morgan fingerprint density at radius 1 is 1.16 bits per heavy atom. The number of cyclic esters (lactones) is 1. The van der Waals surface area contributed by atoms with Gasteiger partial charge in [0.15, 0.2) is 14.1 Å². The summed E-state index contributed by atoms with van der Waals surface area (Å²) in [6, 6.07) is 0. The monoisotopic (exact) mass is 448 g/mol. The molecule has 1 saturated heterocycles. The molecule has 1 heterocycles. The van der Waals surface area contributed by atoms with Gasteiger partial charge >= 0.3 is 5.97 Å². The van der Waals surface area contributed by atoms with Gasteiger partial charge in [-0.3, -0.25) is 9.59 Å². The number of allylic oxidation sites excluding steroid dienone is 3. The number of Topliss-reactive ketones (excluding diaryl/α,β-unsaturated/α-hetero) is 1. The van der Waals surface area contributed by atoms with Crippen molar-refractivity contribution in [3.63, 3.8) is 0 Å². The summed E-state index contributed by atoms with van der Waals surface area (Å²) in [7, 11) is -1.96. The summed E-state index contributed by atoms with van der Waals surface area (Å²) in [6.45, 7) is 15.1. The predicted octanol–water partition coefficient (Wildman–Crippen LogP) is 4.81. The van der Waals surface area contributed by atoms with Crippen molar-refractivity contribution in [2.24, 2.45) is 23.7 Å². The molecule has 0 spiro atoms. The van der Waals surface area contributed by atoms with Gasteiger partial charge in [0.05, 0.1) is 12.5 Å². The zero-order valence-electron chi connectivity index (χ0n) is 20.2. The minimum Gasteiger partial charge on any atom is -0.462 e. The molecule has 7 atom stereocenters. The Labute approximate surface area is 188 Å². The van der Waals surface area contributed by atoms with Gasteiger partial charge in [0, 0.05) is 18.3 Å². The van der Waals surface area contributed by atoms with Crippen molar-refractivity contribution >= 4 is 20.1 Å². The number of aliphatic hydroxyl groups is 1. The van der Waals surface area contributed by atoms with Crippen LogP contribution in [0.5, 0.6) is 0 Å². The Balaban J connectivity index is 1.67. The highest BCUT2D eigenvalue weighted by Crippen LogP contribution is 2.43. The van der Waals surface area contributed by atoms with E-state index in [-0.39, 0.29) is 52.7 Å². The number of esters is 1. The Morgan fingerprint density at radius 2 is 1.84 bits per heavy atom. The third-order valence-corrected chi connectivity index (χ3v) is 12.4. The van der Waals surface area contributed by atoms with Crippen LogP contribution in [0.15, 0.2) is 23.8 Å². The van der Waals surface area contributed by atoms with Crippen LogP contribution in [0.3, 0.4) is 0 Å². The summed E-state index contributed by atoms with van der Waals surface area (Å²) in [6.07, 6.45) is 7.60. The van der Waals surface area contributed by atoms with Crippen LogP contribution in [0.4, 0.5) is 0 Å². The summed E-state index contributed by atoms with van der Waals surface area (Å²) in [5, 5.41) is 10.4. The lowest BCUT2D eigenvalue weighted by Gasteiger charge is -2.42. The minimum absolute atomic E-state index is 0.0639. The zero-order chi connectivity index (χ0) is 23.1. The topological polar surface area (TPSA) is 72.8 Å². The largest absolute Gasteiger partial charge is 0.462 e. The van der Waals surface area contributed by atoms with Gasteiger partial charge in [-0.2, -0.15) is 0 Å². The standard InChI is InChI=1S/C25H40O5Si/c1-15-8-9-17-12-16(2)23(27)24(28)22(17)20(15)11-10-18-13-19(14-21(26)29-18)30-31(6,7)25(3,4)5/h8-9,12,15-16,18-20,22-23,27H,10-11,13-14H2,1-7H3/t15-,16-,18+,19+,20-,22-,23-/m0/s1. The average Bonchev–Trinajstić information content (AvgIpc) is 2.64. The first-order chi connectivity index (χ1) is 14.3. The van der Waals surface area contributed by atoms with Crippen LogP contribution < -0.4 is 0 Å². The molecule has 0 aromatic rings. The van der Waals surface area contributed by atoms with Gasteiger partial charge < -0.3 is 14.3 Å². The molecule has 0 amide bonds. The number of hydrogen-bond donors (Lipinski definition) is 1. The van der Waals surface area contributed by atoms with Crippen LogP contribution in [0.1, 0.15) is 60.3 Å². The second kappa shape index (κ2) is 8.95. The van der Waals surface area contributed by atoms with E-state index in [0.29, 0.717) is 12.8 Å². The molecule has 3 rings (SSSR count). The Morgan fingerprint density at radius 3 is 2.48 bits per heavy atom. The van der Waals surface area contributed by atoms with Crippen molar-refractivity contribution in [3.8, 4) is 0 Å². The van der Waals surface area contributed by atoms with Crippen LogP contribution in [0, 0.1) is 23.7 Å². The van der Waals surface area contributed by atoms with Crippen LogP contribution in [-0.4, -0.2) is 43.5 Å². The minimum atomic E-state index is -1.96. The molecule has 2 aliphatic carbocycles. The molecular formula is C25H40O5Si. The number of carbonyl (C=O) groups excluding carboxylic acids is 2. The Hall–Kier alpha value is -1.24. The molecule has 0 radical (unpaired) electrons. The fourth-order valence-electron chi connectivity index (χ4n) is 4.94. The van der Waals surface area contributed by atoms with Gasteiger partial charge in [0.2, 0.25) is 0 Å². The molecule has 0 aromatic carbocycles. The number of ether oxygens (including phenoxy) is 1. The van der Waals surface area contributed by atoms with Crippen LogP contribution >= 0.6 is 0 Å². The second-order valence-electron chi connectivity index (χ2n) is 11.4. The fraction of sp³-hybridized carbons (Fsp3) is 0.760. The quantitative estimate of drug-likeness (QED) is 0.483. The van der Waals surface area contributed by atoms with E-state index in [4.69, 9.17) is 9.16 Å². The zero-order valence-corrected chi connectivity index (χ0v) is 21.2. The SMILES string of the molecule is C[C@H]1C=CC2=C[C@H](C)[C@H](O)C(=O)[C@@H]2[C@H]1CC[C@@H]1C[C@@H](O[Si](C)(C)C(C)(C)C)CC(=O)O1. The molecule has 0 bridgehead atoms. The predicted molar refractivity (Wildman–Crippen MR) is 124 cm³/mol. The fourth-order valence-corrected chi connectivity index (χ4v) is 6.31. The van der Waals surface area contributed by atoms with E-state index < -0.39 is 14.4 Å². The summed E-state index contributed by atoms with van der Waals surface area (Å²) in [5.74, 6) is -0.299. The van der Waals surface area contributed by atoms with E-state index >= 15 is 0 Å². The van der Waals surface area contributed by atoms with Gasteiger partial charge in [0.25, 0.3) is 0 Å². The van der Waals surface area contributed by atoms with Crippen molar-refractivity contribution in [2.75, 3.05) is 0 Å². The van der Waals surface area contributed by atoms with Crippen LogP contribution in [0.2, 0.25) is 18.1 Å². The Bertz CT molecular complexity index is 762. The van der Waals surface area contributed by atoms with Crippen molar-refractivity contribution in [1.82, 2.24) is 0 Å². The van der Waals surface area contributed by atoms with E-state index in [9.17, 15) is 14.7 Å². The molecule has 1 fully saturated rings. The molecule has 174 valence electrons. The van der Waals surface area contributed by atoms with Crippen LogP contribution in [-0.2, 0) is 18.8 Å². The summed E-state index contributed by atoms with van der Waals surface area (Å²) in [4.78, 5) is 25.2. The molecule has 31 heavy (non-hydrogen) atoms. The van der Waals surface area contributed by atoms with E-state index in [1.165, 1.54) is 0 Å². The van der Waals surface area contributed by atoms with Gasteiger partial charge in [0.1, 0.15) is 12.2 Å². The number of aliphatic hydroxyl groups excluding tert-OH is 1. The lowest BCUT2D eigenvalue weighted by Crippen LogP contribution is -2.47. The Kier molecular flexibility index (Phi) is 7.04. The highest BCUT2D eigenvalue weighted by molar-refractivity contribution is 6.74. The van der Waals surface area contributed by atoms with E-state index in [0.717, 1.165) is 18.4 Å². The smallest absolute Gasteiger partial charge is 0.308 e. The highest BCUT2D eigenvalue weighted by Gasteiger charge is 2.44. The molecule has 0 unspecified atom stereocenters. The van der Waals surface area contributed by atoms with Crippen molar-refractivity contribution in [3.05, 3.63) is 23.8 Å². The van der Waals surface area contributed by atoms with E-state index in [2.05, 4.69) is 52.9 Å². The summed E-state index contributed by atoms with van der Waals surface area (Å²) < 4.78 is 12.2. The summed E-state index contributed by atoms with van der Waals surface area (Å²) in [5.41, 5.74) is 1.03. The molecule has 1 N–H and O–H groups in total. The third kappa shape index (κ3) is 5.23. The van der Waals surface area contributed by atoms with E-state index in [1.807, 2.05) is 13.0 Å². The number of fused-ring (bicyclic) bond motifs is 1. The highest BCUT2D eigenvalue weighted by atomic mass is 28.4. The molecule has 5 nitrogen and oxygen atoms in total. The molecule has 3 aliphatic rings. The van der Waals surface area contributed by atoms with Gasteiger partial charge in [-0.25, -0.2) is 0 Å². The van der Waals surface area contributed by atoms with Crippen molar-refractivity contribution in [2.45, 2.75) is 96.7 Å². The maximum Gasteiger partial charge on any atom is 0.308 e. The normalized spacial score (nSPS) is 36.6. The maximum atomic E-state index is 12.9. The summed E-state index contributed by atoms with van der Waals surface area (Å²) >= 11 is 0. The first-order valence-corrected chi connectivity index (χ1v) is 14.7. The number of ketones is 1. The van der Waals surface area contributed by atoms with Gasteiger partial charge in [-0.1, -0.05) is 52.8 Å². The molecular weight excluding hydrogens is 408 g/mol. The number of carbonyl (C=O) groups is 2. The lowest BCUT2D eigenvalue weighted by atomic mass is 9.65. The van der Waals surface area contributed by atoms with Gasteiger partial charge in [-0.05, 0) is 48.4 Å². The molecule has 0 aromatic heterocycles. The first-order valence-electron chi connectivity index (χ1n) is 11.8. The van der Waals surface area contributed by atoms with Crippen molar-refractivity contribution in [1.29, 1.82) is 0 Å². The lowest BCUT2D eigenvalue weighted by molar-refractivity contribution is -0.160.